The van der Waals surface area contributed by atoms with Crippen molar-refractivity contribution in [3.63, 3.8) is 0 Å². The Labute approximate surface area is 86.0 Å². The van der Waals surface area contributed by atoms with Gasteiger partial charge in [0.05, 0.1) is 10.9 Å². The van der Waals surface area contributed by atoms with E-state index in [0.29, 0.717) is 17.4 Å². The van der Waals surface area contributed by atoms with Gasteiger partial charge in [0.15, 0.2) is 0 Å². The maximum atomic E-state index is 11.8. The van der Waals surface area contributed by atoms with Crippen molar-refractivity contribution in [2.45, 2.75) is 13.5 Å². The van der Waals surface area contributed by atoms with Gasteiger partial charge in [-0.25, -0.2) is 4.98 Å². The van der Waals surface area contributed by atoms with Crippen molar-refractivity contribution >= 4 is 22.5 Å². The molecule has 0 aliphatic rings. The molecule has 4 heteroatoms. The number of rotatable bonds is 1. The molecule has 1 aromatic heterocycles. The molecule has 72 valence electrons. The molecule has 0 N–H and O–H groups in total. The Hall–Kier alpha value is -1.35. The van der Waals surface area contributed by atoms with E-state index in [9.17, 15) is 4.79 Å². The summed E-state index contributed by atoms with van der Waals surface area (Å²) in [6, 6.07) is 7.19. The molecular formula is C10H9ClN2O. The van der Waals surface area contributed by atoms with E-state index in [1.54, 1.807) is 12.1 Å². The molecule has 0 fully saturated rings. The summed E-state index contributed by atoms with van der Waals surface area (Å²) in [5.41, 5.74) is 0.565. The van der Waals surface area contributed by atoms with Crippen LogP contribution in [0.3, 0.4) is 0 Å². The largest absolute Gasteiger partial charge is 0.283 e. The molecule has 0 amide bonds. The summed E-state index contributed by atoms with van der Waals surface area (Å²) in [5.74, 6) is 0. The average Bonchev–Trinajstić information content (AvgIpc) is 2.18. The highest BCUT2D eigenvalue weighted by Gasteiger charge is 2.06. The Morgan fingerprint density at radius 1 is 1.43 bits per heavy atom. The minimum atomic E-state index is -0.0805. The SMILES string of the molecule is CCn1c(Cl)nc2ccccc2c1=O. The number of benzene rings is 1. The second-order valence-electron chi connectivity index (χ2n) is 2.95. The number of para-hydroxylation sites is 1. The van der Waals surface area contributed by atoms with Gasteiger partial charge in [-0.1, -0.05) is 12.1 Å². The highest BCUT2D eigenvalue weighted by molar-refractivity contribution is 6.28. The molecule has 2 aromatic rings. The zero-order valence-corrected chi connectivity index (χ0v) is 8.45. The van der Waals surface area contributed by atoms with Crippen LogP contribution in [-0.2, 0) is 6.54 Å². The fourth-order valence-corrected chi connectivity index (χ4v) is 1.70. The van der Waals surface area contributed by atoms with Crippen molar-refractivity contribution in [2.24, 2.45) is 0 Å². The number of fused-ring (bicyclic) bond motifs is 1. The van der Waals surface area contributed by atoms with Crippen LogP contribution in [0, 0.1) is 0 Å². The van der Waals surface area contributed by atoms with Gasteiger partial charge in [0, 0.05) is 6.54 Å². The molecule has 3 nitrogen and oxygen atoms in total. The molecule has 0 radical (unpaired) electrons. The third-order valence-corrected chi connectivity index (χ3v) is 2.42. The van der Waals surface area contributed by atoms with E-state index in [-0.39, 0.29) is 10.8 Å². The monoisotopic (exact) mass is 208 g/mol. The fourth-order valence-electron chi connectivity index (χ4n) is 1.42. The van der Waals surface area contributed by atoms with Gasteiger partial charge in [-0.2, -0.15) is 0 Å². The van der Waals surface area contributed by atoms with Crippen molar-refractivity contribution in [2.75, 3.05) is 0 Å². The van der Waals surface area contributed by atoms with Crippen LogP contribution in [0.2, 0.25) is 5.28 Å². The minimum absolute atomic E-state index is 0.0805. The van der Waals surface area contributed by atoms with Gasteiger partial charge in [-0.3, -0.25) is 9.36 Å². The highest BCUT2D eigenvalue weighted by Crippen LogP contribution is 2.10. The van der Waals surface area contributed by atoms with Crippen molar-refractivity contribution in [1.82, 2.24) is 9.55 Å². The first-order chi connectivity index (χ1) is 6.74. The molecule has 0 aliphatic heterocycles. The number of aromatic nitrogens is 2. The summed E-state index contributed by atoms with van der Waals surface area (Å²) in [6.07, 6.45) is 0. The van der Waals surface area contributed by atoms with Crippen molar-refractivity contribution in [3.05, 3.63) is 39.9 Å². The van der Waals surface area contributed by atoms with Crippen molar-refractivity contribution < 1.29 is 0 Å². The Morgan fingerprint density at radius 2 is 2.14 bits per heavy atom. The highest BCUT2D eigenvalue weighted by atomic mass is 35.5. The van der Waals surface area contributed by atoms with Gasteiger partial charge >= 0.3 is 0 Å². The summed E-state index contributed by atoms with van der Waals surface area (Å²) in [6.45, 7) is 2.40. The van der Waals surface area contributed by atoms with Crippen LogP contribution >= 0.6 is 11.6 Å². The molecule has 0 saturated heterocycles. The predicted molar refractivity (Wildman–Crippen MR) is 56.7 cm³/mol. The number of hydrogen-bond acceptors (Lipinski definition) is 2. The van der Waals surface area contributed by atoms with Crippen LogP contribution in [0.15, 0.2) is 29.1 Å². The van der Waals surface area contributed by atoms with E-state index in [2.05, 4.69) is 4.98 Å². The van der Waals surface area contributed by atoms with E-state index in [4.69, 9.17) is 11.6 Å². The lowest BCUT2D eigenvalue weighted by molar-refractivity contribution is 0.719. The standard InChI is InChI=1S/C10H9ClN2O/c1-2-13-9(14)7-5-3-4-6-8(7)12-10(13)11/h3-6H,2H2,1H3. The van der Waals surface area contributed by atoms with Gasteiger partial charge in [0.25, 0.3) is 5.56 Å². The van der Waals surface area contributed by atoms with Crippen LogP contribution in [0.1, 0.15) is 6.92 Å². The van der Waals surface area contributed by atoms with Crippen molar-refractivity contribution in [1.29, 1.82) is 0 Å². The first-order valence-electron chi connectivity index (χ1n) is 4.39. The third-order valence-electron chi connectivity index (χ3n) is 2.13. The molecule has 14 heavy (non-hydrogen) atoms. The lowest BCUT2D eigenvalue weighted by Crippen LogP contribution is -2.21. The summed E-state index contributed by atoms with van der Waals surface area (Å²) >= 11 is 5.86. The summed E-state index contributed by atoms with van der Waals surface area (Å²) in [4.78, 5) is 16.0. The average molecular weight is 209 g/mol. The molecule has 1 aromatic carbocycles. The smallest absolute Gasteiger partial charge is 0.262 e. The predicted octanol–water partition coefficient (Wildman–Crippen LogP) is 2.07. The normalized spacial score (nSPS) is 10.7. The molecule has 0 aliphatic carbocycles. The van der Waals surface area contributed by atoms with E-state index in [0.717, 1.165) is 0 Å². The van der Waals surface area contributed by atoms with E-state index in [1.165, 1.54) is 4.57 Å². The molecule has 0 atom stereocenters. The molecule has 0 spiro atoms. The third kappa shape index (κ3) is 1.30. The fraction of sp³-hybridized carbons (Fsp3) is 0.200. The van der Waals surface area contributed by atoms with Crippen LogP contribution in [0.25, 0.3) is 10.9 Å². The Bertz CT molecular complexity index is 533. The molecular weight excluding hydrogens is 200 g/mol. The topological polar surface area (TPSA) is 34.9 Å². The first kappa shape index (κ1) is 9.21. The second kappa shape index (κ2) is 3.42. The molecule has 0 saturated carbocycles. The van der Waals surface area contributed by atoms with E-state index >= 15 is 0 Å². The van der Waals surface area contributed by atoms with Crippen molar-refractivity contribution in [3.8, 4) is 0 Å². The minimum Gasteiger partial charge on any atom is -0.283 e. The number of hydrogen-bond donors (Lipinski definition) is 0. The zero-order chi connectivity index (χ0) is 10.1. The zero-order valence-electron chi connectivity index (χ0n) is 7.70. The van der Waals surface area contributed by atoms with Gasteiger partial charge in [-0.05, 0) is 30.7 Å². The first-order valence-corrected chi connectivity index (χ1v) is 4.77. The van der Waals surface area contributed by atoms with Gasteiger partial charge < -0.3 is 0 Å². The van der Waals surface area contributed by atoms with Crippen LogP contribution in [0.5, 0.6) is 0 Å². The Balaban J connectivity index is 2.93. The molecule has 2 rings (SSSR count). The maximum absolute atomic E-state index is 11.8. The quantitative estimate of drug-likeness (QED) is 0.673. The van der Waals surface area contributed by atoms with Crippen LogP contribution in [-0.4, -0.2) is 9.55 Å². The summed E-state index contributed by atoms with van der Waals surface area (Å²) in [7, 11) is 0. The summed E-state index contributed by atoms with van der Waals surface area (Å²) in [5, 5.41) is 0.856. The van der Waals surface area contributed by atoms with Gasteiger partial charge in [0.2, 0.25) is 5.28 Å². The Kier molecular flexibility index (Phi) is 2.25. The lowest BCUT2D eigenvalue weighted by atomic mass is 10.2. The molecule has 1 heterocycles. The van der Waals surface area contributed by atoms with Crippen LogP contribution < -0.4 is 5.56 Å². The second-order valence-corrected chi connectivity index (χ2v) is 3.29. The summed E-state index contributed by atoms with van der Waals surface area (Å²) < 4.78 is 1.45. The van der Waals surface area contributed by atoms with E-state index < -0.39 is 0 Å². The number of nitrogens with zero attached hydrogens (tertiary/aromatic N) is 2. The molecule has 0 unspecified atom stereocenters. The van der Waals surface area contributed by atoms with E-state index in [1.807, 2.05) is 19.1 Å². The lowest BCUT2D eigenvalue weighted by Gasteiger charge is -2.05. The molecule has 0 bridgehead atoms. The van der Waals surface area contributed by atoms with Gasteiger partial charge in [0.1, 0.15) is 0 Å². The number of halogens is 1. The maximum Gasteiger partial charge on any atom is 0.262 e. The van der Waals surface area contributed by atoms with Gasteiger partial charge in [-0.15, -0.1) is 0 Å². The van der Waals surface area contributed by atoms with Crippen LogP contribution in [0.4, 0.5) is 0 Å². The Morgan fingerprint density at radius 3 is 2.86 bits per heavy atom.